The Labute approximate surface area is 112 Å². The molecule has 1 unspecified atom stereocenters. The molecule has 1 rings (SSSR count). The molecule has 0 aromatic carbocycles. The van der Waals surface area contributed by atoms with Crippen LogP contribution in [-0.2, 0) is 4.79 Å². The van der Waals surface area contributed by atoms with Crippen LogP contribution in [0, 0.1) is 0 Å². The topological polar surface area (TPSA) is 32.3 Å². The SMILES string of the molecule is CN(C)C(=O)C1CCCN1.[H-].[K+]. The molecule has 1 heterocycles. The quantitative estimate of drug-likeness (QED) is 0.437. The van der Waals surface area contributed by atoms with Crippen molar-refractivity contribution in [3.63, 3.8) is 0 Å². The first kappa shape index (κ1) is 12.1. The maximum atomic E-state index is 11.2. The average Bonchev–Trinajstić information content (AvgIpc) is 2.36. The van der Waals surface area contributed by atoms with Gasteiger partial charge in [0.15, 0.2) is 0 Å². The monoisotopic (exact) mass is 182 g/mol. The Hall–Kier alpha value is 1.07. The first-order valence-corrected chi connectivity index (χ1v) is 3.66. The zero-order valence-electron chi connectivity index (χ0n) is 8.55. The van der Waals surface area contributed by atoms with Crippen molar-refractivity contribution in [2.24, 2.45) is 0 Å². The van der Waals surface area contributed by atoms with Gasteiger partial charge in [-0.3, -0.25) is 4.79 Å². The Morgan fingerprint density at radius 1 is 1.64 bits per heavy atom. The van der Waals surface area contributed by atoms with Crippen LogP contribution in [0.4, 0.5) is 0 Å². The van der Waals surface area contributed by atoms with Gasteiger partial charge in [0.2, 0.25) is 5.91 Å². The van der Waals surface area contributed by atoms with Gasteiger partial charge in [-0.1, -0.05) is 0 Å². The largest absolute Gasteiger partial charge is 1.00 e. The van der Waals surface area contributed by atoms with Crippen molar-refractivity contribution in [1.29, 1.82) is 0 Å². The van der Waals surface area contributed by atoms with Gasteiger partial charge in [-0.15, -0.1) is 0 Å². The average molecular weight is 182 g/mol. The Morgan fingerprint density at radius 3 is 2.64 bits per heavy atom. The van der Waals surface area contributed by atoms with Crippen LogP contribution in [0.1, 0.15) is 14.3 Å². The summed E-state index contributed by atoms with van der Waals surface area (Å²) in [5.41, 5.74) is 0. The molecular formula is C7H15KN2O. The second-order valence-electron chi connectivity index (χ2n) is 2.88. The van der Waals surface area contributed by atoms with Crippen LogP contribution >= 0.6 is 0 Å². The van der Waals surface area contributed by atoms with E-state index in [0.717, 1.165) is 19.4 Å². The maximum Gasteiger partial charge on any atom is 1.00 e. The molecule has 0 aromatic heterocycles. The third-order valence-electron chi connectivity index (χ3n) is 1.80. The zero-order chi connectivity index (χ0) is 7.56. The molecule has 0 aromatic rings. The van der Waals surface area contributed by atoms with Gasteiger partial charge in [-0.05, 0) is 19.4 Å². The number of nitrogens with zero attached hydrogens (tertiary/aromatic N) is 1. The van der Waals surface area contributed by atoms with E-state index in [-0.39, 0.29) is 64.8 Å². The van der Waals surface area contributed by atoms with Crippen LogP contribution in [0.5, 0.6) is 0 Å². The van der Waals surface area contributed by atoms with Gasteiger partial charge < -0.3 is 11.6 Å². The summed E-state index contributed by atoms with van der Waals surface area (Å²) in [6, 6.07) is 0.0926. The summed E-state index contributed by atoms with van der Waals surface area (Å²) in [7, 11) is 3.59. The third kappa shape index (κ3) is 3.52. The summed E-state index contributed by atoms with van der Waals surface area (Å²) >= 11 is 0. The molecule has 0 spiro atoms. The number of rotatable bonds is 1. The van der Waals surface area contributed by atoms with Gasteiger partial charge in [0, 0.05) is 14.1 Å². The van der Waals surface area contributed by atoms with Crippen LogP contribution in [0.3, 0.4) is 0 Å². The van der Waals surface area contributed by atoms with Gasteiger partial charge >= 0.3 is 51.4 Å². The van der Waals surface area contributed by atoms with Crippen molar-refractivity contribution in [2.75, 3.05) is 20.6 Å². The van der Waals surface area contributed by atoms with E-state index in [4.69, 9.17) is 0 Å². The Balaban J connectivity index is 0. The van der Waals surface area contributed by atoms with E-state index in [1.807, 2.05) is 0 Å². The Kier molecular flexibility index (Phi) is 6.22. The number of amides is 1. The maximum absolute atomic E-state index is 11.2. The minimum absolute atomic E-state index is 0. The van der Waals surface area contributed by atoms with Crippen LogP contribution < -0.4 is 56.7 Å². The second-order valence-corrected chi connectivity index (χ2v) is 2.88. The minimum atomic E-state index is 0. The zero-order valence-corrected chi connectivity index (χ0v) is 10.7. The minimum Gasteiger partial charge on any atom is -1.00 e. The predicted molar refractivity (Wildman–Crippen MR) is 40.8 cm³/mol. The van der Waals surface area contributed by atoms with Crippen LogP contribution in [-0.4, -0.2) is 37.5 Å². The van der Waals surface area contributed by atoms with Crippen molar-refractivity contribution < 1.29 is 57.6 Å². The molecule has 11 heavy (non-hydrogen) atoms. The molecule has 1 saturated heterocycles. The fraction of sp³-hybridized carbons (Fsp3) is 0.857. The molecule has 0 bridgehead atoms. The first-order chi connectivity index (χ1) is 4.72. The molecule has 3 nitrogen and oxygen atoms in total. The molecule has 0 aliphatic carbocycles. The fourth-order valence-electron chi connectivity index (χ4n) is 1.21. The molecule has 1 atom stereocenters. The number of carbonyl (C=O) groups excluding carboxylic acids is 1. The fourth-order valence-corrected chi connectivity index (χ4v) is 1.21. The van der Waals surface area contributed by atoms with E-state index >= 15 is 0 Å². The van der Waals surface area contributed by atoms with E-state index < -0.39 is 0 Å². The van der Waals surface area contributed by atoms with Crippen LogP contribution in [0.2, 0.25) is 0 Å². The number of carbonyl (C=O) groups is 1. The van der Waals surface area contributed by atoms with Crippen molar-refractivity contribution in [1.82, 2.24) is 10.2 Å². The molecule has 60 valence electrons. The Bertz CT molecular complexity index is 137. The van der Waals surface area contributed by atoms with Gasteiger partial charge in [-0.2, -0.15) is 0 Å². The number of hydrogen-bond donors (Lipinski definition) is 1. The van der Waals surface area contributed by atoms with Gasteiger partial charge in [0.05, 0.1) is 6.04 Å². The first-order valence-electron chi connectivity index (χ1n) is 3.66. The van der Waals surface area contributed by atoms with E-state index in [2.05, 4.69) is 5.32 Å². The molecule has 4 heteroatoms. The molecular weight excluding hydrogens is 167 g/mol. The van der Waals surface area contributed by atoms with E-state index in [0.29, 0.717) is 0 Å². The molecule has 0 radical (unpaired) electrons. The summed E-state index contributed by atoms with van der Waals surface area (Å²) in [5, 5.41) is 3.15. The van der Waals surface area contributed by atoms with E-state index in [1.54, 1.807) is 19.0 Å². The van der Waals surface area contributed by atoms with E-state index in [9.17, 15) is 4.79 Å². The smallest absolute Gasteiger partial charge is 1.00 e. The normalized spacial score (nSPS) is 22.5. The van der Waals surface area contributed by atoms with Crippen LogP contribution in [0.15, 0.2) is 0 Å². The Morgan fingerprint density at radius 2 is 2.27 bits per heavy atom. The van der Waals surface area contributed by atoms with Gasteiger partial charge in [0.1, 0.15) is 0 Å². The van der Waals surface area contributed by atoms with Crippen molar-refractivity contribution in [2.45, 2.75) is 18.9 Å². The standard InChI is InChI=1S/C7H14N2O.K.H/c1-9(2)7(10)6-4-3-5-8-6;;/h6,8H,3-5H2,1-2H3;;/q;+1;-1. The molecule has 1 N–H and O–H groups in total. The molecule has 1 amide bonds. The van der Waals surface area contributed by atoms with Crippen molar-refractivity contribution >= 4 is 5.91 Å². The summed E-state index contributed by atoms with van der Waals surface area (Å²) < 4.78 is 0. The van der Waals surface area contributed by atoms with Gasteiger partial charge in [0.25, 0.3) is 0 Å². The van der Waals surface area contributed by atoms with Gasteiger partial charge in [-0.25, -0.2) is 0 Å². The molecule has 1 fully saturated rings. The third-order valence-corrected chi connectivity index (χ3v) is 1.80. The summed E-state index contributed by atoms with van der Waals surface area (Å²) in [4.78, 5) is 12.9. The molecule has 1 aliphatic rings. The number of hydrogen-bond acceptors (Lipinski definition) is 2. The predicted octanol–water partition coefficient (Wildman–Crippen LogP) is -3.06. The molecule has 0 saturated carbocycles. The summed E-state index contributed by atoms with van der Waals surface area (Å²) in [6.45, 7) is 0.990. The number of nitrogens with one attached hydrogen (secondary N) is 1. The molecule has 1 aliphatic heterocycles. The van der Waals surface area contributed by atoms with E-state index in [1.165, 1.54) is 0 Å². The summed E-state index contributed by atoms with van der Waals surface area (Å²) in [6.07, 6.45) is 2.13. The van der Waals surface area contributed by atoms with Crippen molar-refractivity contribution in [3.8, 4) is 0 Å². The summed E-state index contributed by atoms with van der Waals surface area (Å²) in [5.74, 6) is 0.206. The van der Waals surface area contributed by atoms with Crippen LogP contribution in [0.25, 0.3) is 0 Å². The second kappa shape index (κ2) is 5.67. The van der Waals surface area contributed by atoms with Crippen molar-refractivity contribution in [3.05, 3.63) is 0 Å². The number of likely N-dealkylation sites (N-methyl/N-ethyl adjacent to an activating group) is 1.